The lowest BCUT2D eigenvalue weighted by atomic mass is 9.95. The summed E-state index contributed by atoms with van der Waals surface area (Å²) < 4.78 is 1.69. The number of aromatic nitrogens is 3. The van der Waals surface area contributed by atoms with Crippen LogP contribution in [0.4, 0.5) is 11.4 Å². The highest BCUT2D eigenvalue weighted by atomic mass is 35.5. The monoisotopic (exact) mass is 670 g/mol. The van der Waals surface area contributed by atoms with Gasteiger partial charge in [0.15, 0.2) is 9.96 Å². The Morgan fingerprint density at radius 1 is 1.09 bits per heavy atom. The molecule has 2 N–H and O–H groups in total. The molecule has 0 bridgehead atoms. The Morgan fingerprint density at radius 3 is 2.52 bits per heavy atom. The number of anilines is 1. The largest absolute Gasteiger partial charge is 0.322 e. The molecule has 1 atom stereocenters. The summed E-state index contributed by atoms with van der Waals surface area (Å²) in [6, 6.07) is 20.6. The number of H-pyrrole nitrogens is 1. The first kappa shape index (κ1) is 30.9. The number of para-hydroxylation sites is 1. The molecule has 0 saturated carbocycles. The lowest BCUT2D eigenvalue weighted by molar-refractivity contribution is -0.384. The van der Waals surface area contributed by atoms with E-state index in [-0.39, 0.29) is 21.4 Å². The highest BCUT2D eigenvalue weighted by molar-refractivity contribution is 7.99. The Labute approximate surface area is 273 Å². The molecule has 6 rings (SSSR count). The molecule has 0 saturated heterocycles. The molecule has 1 amide bonds. The number of aromatic amines is 1. The van der Waals surface area contributed by atoms with Gasteiger partial charge in [0.2, 0.25) is 0 Å². The summed E-state index contributed by atoms with van der Waals surface area (Å²) in [5.41, 5.74) is 1.87. The number of carbonyl (C=O) groups excluding carboxylic acids is 1. The van der Waals surface area contributed by atoms with Crippen molar-refractivity contribution in [3.8, 4) is 0 Å². The third kappa shape index (κ3) is 6.33. The zero-order valence-corrected chi connectivity index (χ0v) is 26.6. The zero-order valence-electron chi connectivity index (χ0n) is 24.2. The molecule has 1 aliphatic rings. The fourth-order valence-corrected chi connectivity index (χ4v) is 7.08. The van der Waals surface area contributed by atoms with Crippen LogP contribution in [0.1, 0.15) is 29.8 Å². The van der Waals surface area contributed by atoms with Crippen LogP contribution in [0.2, 0.25) is 5.02 Å². The summed E-state index contributed by atoms with van der Waals surface area (Å²) in [5, 5.41) is 15.4. The van der Waals surface area contributed by atoms with E-state index in [1.165, 1.54) is 22.8 Å². The quantitative estimate of drug-likeness (QED) is 0.141. The topological polar surface area (TPSA) is 152 Å². The van der Waals surface area contributed by atoms with Crippen LogP contribution >= 0.6 is 34.7 Å². The molecule has 1 aliphatic heterocycles. The molecule has 0 spiro atoms. The van der Waals surface area contributed by atoms with E-state index in [2.05, 4.69) is 20.3 Å². The number of amides is 1. The lowest BCUT2D eigenvalue weighted by Gasteiger charge is -2.25. The normalized spacial score (nSPS) is 14.5. The maximum atomic E-state index is 14.2. The van der Waals surface area contributed by atoms with Crippen molar-refractivity contribution in [2.45, 2.75) is 29.9 Å². The Kier molecular flexibility index (Phi) is 8.54. The number of carbonyl (C=O) groups is 1. The SMILES string of the molecule is CC1=C(C(=O)Nc2ccccc2)[C@H](c2ccc(Cl)cc2)n2c(s/c(=C/c3cc([N+](=O)[O-])ccc3Sc3nc(C)cc(=O)[nH]3)c2=O)=N1. The second-order valence-electron chi connectivity index (χ2n) is 10.2. The number of nitro benzene ring substituents is 1. The van der Waals surface area contributed by atoms with E-state index in [1.54, 1.807) is 74.5 Å². The first-order chi connectivity index (χ1) is 22.1. The molecular weight excluding hydrogens is 648 g/mol. The summed E-state index contributed by atoms with van der Waals surface area (Å²) in [7, 11) is 0. The van der Waals surface area contributed by atoms with Gasteiger partial charge in [0, 0.05) is 39.5 Å². The summed E-state index contributed by atoms with van der Waals surface area (Å²) in [4.78, 5) is 63.7. The predicted molar refractivity (Wildman–Crippen MR) is 177 cm³/mol. The van der Waals surface area contributed by atoms with Crippen LogP contribution in [0.25, 0.3) is 6.08 Å². The minimum absolute atomic E-state index is 0.177. The van der Waals surface area contributed by atoms with E-state index in [0.29, 0.717) is 48.1 Å². The highest BCUT2D eigenvalue weighted by Crippen LogP contribution is 2.33. The molecule has 2 aromatic heterocycles. The van der Waals surface area contributed by atoms with E-state index in [0.717, 1.165) is 23.1 Å². The highest BCUT2D eigenvalue weighted by Gasteiger charge is 2.32. The molecule has 0 fully saturated rings. The Balaban J connectivity index is 1.51. The van der Waals surface area contributed by atoms with E-state index >= 15 is 0 Å². The first-order valence-corrected chi connectivity index (χ1v) is 15.8. The molecule has 3 aromatic carbocycles. The van der Waals surface area contributed by atoms with Gasteiger partial charge >= 0.3 is 0 Å². The second-order valence-corrected chi connectivity index (χ2v) is 12.7. The van der Waals surface area contributed by atoms with Crippen molar-refractivity contribution in [3.63, 3.8) is 0 Å². The average molecular weight is 671 g/mol. The Hall–Kier alpha value is -5.11. The van der Waals surface area contributed by atoms with E-state index in [1.807, 2.05) is 6.07 Å². The molecule has 14 heteroatoms. The van der Waals surface area contributed by atoms with Crippen molar-refractivity contribution in [1.29, 1.82) is 0 Å². The number of thiazole rings is 1. The lowest BCUT2D eigenvalue weighted by Crippen LogP contribution is -2.40. The number of allylic oxidation sites excluding steroid dienone is 1. The molecule has 46 heavy (non-hydrogen) atoms. The molecule has 0 aliphatic carbocycles. The van der Waals surface area contributed by atoms with E-state index < -0.39 is 22.4 Å². The standard InChI is InChI=1S/C32H23ClN6O5S2/c1-17-14-26(40)37-31(34-17)45-24-13-12-23(39(43)44)15-20(24)16-25-30(42)38-28(19-8-10-21(33)11-9-19)27(18(2)35-32(38)46-25)29(41)36-22-6-4-3-5-7-22/h3-16,28H,1-2H3,(H,36,41)(H,34,37,40)/b25-16+/t28-/m0/s1. The fraction of sp³-hybridized carbons (Fsp3) is 0.0938. The Morgan fingerprint density at radius 2 is 1.83 bits per heavy atom. The van der Waals surface area contributed by atoms with Crippen LogP contribution in [-0.2, 0) is 4.79 Å². The summed E-state index contributed by atoms with van der Waals surface area (Å²) in [6.07, 6.45) is 1.55. The van der Waals surface area contributed by atoms with Crippen LogP contribution in [0.5, 0.6) is 0 Å². The minimum atomic E-state index is -0.833. The summed E-state index contributed by atoms with van der Waals surface area (Å²) >= 11 is 8.38. The molecule has 230 valence electrons. The van der Waals surface area contributed by atoms with Crippen LogP contribution < -0.4 is 25.8 Å². The fourth-order valence-electron chi connectivity index (χ4n) is 4.99. The first-order valence-electron chi connectivity index (χ1n) is 13.8. The number of hydrogen-bond donors (Lipinski definition) is 2. The van der Waals surface area contributed by atoms with Gasteiger partial charge in [0.05, 0.1) is 26.8 Å². The van der Waals surface area contributed by atoms with Gasteiger partial charge in [-0.15, -0.1) is 0 Å². The molecule has 0 radical (unpaired) electrons. The summed E-state index contributed by atoms with van der Waals surface area (Å²) in [5.74, 6) is -0.418. The average Bonchev–Trinajstić information content (AvgIpc) is 3.31. The number of aryl methyl sites for hydroxylation is 1. The van der Waals surface area contributed by atoms with Crippen LogP contribution in [-0.4, -0.2) is 25.4 Å². The van der Waals surface area contributed by atoms with Gasteiger partial charge in [-0.3, -0.25) is 29.1 Å². The van der Waals surface area contributed by atoms with Gasteiger partial charge in [-0.1, -0.05) is 65.0 Å². The number of halogens is 1. The van der Waals surface area contributed by atoms with E-state index in [4.69, 9.17) is 11.6 Å². The van der Waals surface area contributed by atoms with Gasteiger partial charge in [-0.05, 0) is 61.4 Å². The van der Waals surface area contributed by atoms with Gasteiger partial charge in [0.25, 0.3) is 22.7 Å². The number of benzene rings is 3. The van der Waals surface area contributed by atoms with Crippen molar-refractivity contribution < 1.29 is 9.72 Å². The second kappa shape index (κ2) is 12.7. The third-order valence-electron chi connectivity index (χ3n) is 7.03. The molecular formula is C32H23ClN6O5S2. The molecule has 5 aromatic rings. The number of fused-ring (bicyclic) bond motifs is 1. The van der Waals surface area contributed by atoms with Crippen molar-refractivity contribution >= 4 is 58.1 Å². The number of rotatable bonds is 7. The van der Waals surface area contributed by atoms with Crippen molar-refractivity contribution in [3.05, 3.63) is 152 Å². The van der Waals surface area contributed by atoms with Gasteiger partial charge in [-0.25, -0.2) is 9.98 Å². The number of nitro groups is 1. The van der Waals surface area contributed by atoms with Gasteiger partial charge in [-0.2, -0.15) is 0 Å². The number of nitrogens with one attached hydrogen (secondary N) is 2. The van der Waals surface area contributed by atoms with Crippen LogP contribution in [0, 0.1) is 17.0 Å². The maximum Gasteiger partial charge on any atom is 0.271 e. The van der Waals surface area contributed by atoms with Gasteiger partial charge < -0.3 is 10.3 Å². The smallest absolute Gasteiger partial charge is 0.271 e. The van der Waals surface area contributed by atoms with Crippen molar-refractivity contribution in [2.24, 2.45) is 4.99 Å². The maximum absolute atomic E-state index is 14.2. The Bertz CT molecular complexity index is 2300. The predicted octanol–water partition coefficient (Wildman–Crippen LogP) is 4.98. The molecule has 11 nitrogen and oxygen atoms in total. The van der Waals surface area contributed by atoms with Crippen LogP contribution in [0.15, 0.2) is 115 Å². The zero-order chi connectivity index (χ0) is 32.5. The third-order valence-corrected chi connectivity index (χ3v) is 9.24. The van der Waals surface area contributed by atoms with Gasteiger partial charge in [0.1, 0.15) is 0 Å². The van der Waals surface area contributed by atoms with Crippen molar-refractivity contribution in [2.75, 3.05) is 5.32 Å². The molecule has 3 heterocycles. The van der Waals surface area contributed by atoms with Crippen LogP contribution in [0.3, 0.4) is 0 Å². The number of non-ortho nitro benzene ring substituents is 1. The minimum Gasteiger partial charge on any atom is -0.322 e. The summed E-state index contributed by atoms with van der Waals surface area (Å²) in [6.45, 7) is 3.40. The molecule has 0 unspecified atom stereocenters. The van der Waals surface area contributed by atoms with E-state index in [9.17, 15) is 24.5 Å². The number of hydrogen-bond acceptors (Lipinski definition) is 9. The van der Waals surface area contributed by atoms with Crippen molar-refractivity contribution in [1.82, 2.24) is 14.5 Å². The number of nitrogens with zero attached hydrogens (tertiary/aromatic N) is 4.